The van der Waals surface area contributed by atoms with Gasteiger partial charge in [-0.1, -0.05) is 60.1 Å². The Balaban J connectivity index is 2.17. The van der Waals surface area contributed by atoms with E-state index >= 15 is 0 Å². The maximum absolute atomic E-state index is 6.37. The van der Waals surface area contributed by atoms with Crippen molar-refractivity contribution in [2.75, 3.05) is 0 Å². The van der Waals surface area contributed by atoms with Gasteiger partial charge in [-0.25, -0.2) is 0 Å². The van der Waals surface area contributed by atoms with Crippen LogP contribution < -0.4 is 0 Å². The van der Waals surface area contributed by atoms with Crippen LogP contribution in [0.2, 0.25) is 5.02 Å². The topological polar surface area (TPSA) is 15.8 Å². The van der Waals surface area contributed by atoms with Crippen molar-refractivity contribution in [1.29, 1.82) is 0 Å². The van der Waals surface area contributed by atoms with E-state index in [4.69, 9.17) is 11.6 Å². The van der Waals surface area contributed by atoms with Gasteiger partial charge >= 0.3 is 0 Å². The maximum atomic E-state index is 6.37. The third-order valence-electron chi connectivity index (χ3n) is 3.69. The molecule has 0 saturated carbocycles. The smallest absolute Gasteiger partial charge is 0.0484 e. The average Bonchev–Trinajstić information content (AvgIpc) is 2.86. The molecular formula is C18H12ClN. The molecule has 4 rings (SSSR count). The van der Waals surface area contributed by atoms with E-state index in [0.29, 0.717) is 0 Å². The van der Waals surface area contributed by atoms with Crippen LogP contribution in [0.4, 0.5) is 0 Å². The molecule has 0 atom stereocenters. The van der Waals surface area contributed by atoms with Crippen LogP contribution in [0.1, 0.15) is 0 Å². The third kappa shape index (κ3) is 1.64. The third-order valence-corrected chi connectivity index (χ3v) is 4.02. The number of aromatic amines is 1. The molecule has 3 aromatic carbocycles. The summed E-state index contributed by atoms with van der Waals surface area (Å²) in [5.41, 5.74) is 4.54. The van der Waals surface area contributed by atoms with Crippen LogP contribution in [0.3, 0.4) is 0 Å². The van der Waals surface area contributed by atoms with E-state index < -0.39 is 0 Å². The summed E-state index contributed by atoms with van der Waals surface area (Å²) in [4.78, 5) is 3.46. The summed E-state index contributed by atoms with van der Waals surface area (Å²) in [5.74, 6) is 0. The molecule has 0 radical (unpaired) electrons. The zero-order chi connectivity index (χ0) is 13.5. The molecule has 2 heteroatoms. The number of hydrogen-bond acceptors (Lipinski definition) is 0. The molecule has 1 N–H and O–H groups in total. The van der Waals surface area contributed by atoms with Gasteiger partial charge in [0.2, 0.25) is 0 Å². The van der Waals surface area contributed by atoms with Crippen molar-refractivity contribution in [2.24, 2.45) is 0 Å². The first-order valence-corrected chi connectivity index (χ1v) is 6.97. The second-order valence-corrected chi connectivity index (χ2v) is 5.29. The first kappa shape index (κ1) is 11.6. The minimum atomic E-state index is 0.783. The van der Waals surface area contributed by atoms with E-state index in [1.165, 1.54) is 16.3 Å². The summed E-state index contributed by atoms with van der Waals surface area (Å²) >= 11 is 6.37. The molecule has 0 aliphatic heterocycles. The van der Waals surface area contributed by atoms with E-state index in [0.717, 1.165) is 21.6 Å². The lowest BCUT2D eigenvalue weighted by Gasteiger charge is -2.06. The predicted octanol–water partition coefficient (Wildman–Crippen LogP) is 5.64. The van der Waals surface area contributed by atoms with Crippen LogP contribution in [0.15, 0.2) is 66.7 Å². The van der Waals surface area contributed by atoms with E-state index in [-0.39, 0.29) is 0 Å². The molecule has 0 amide bonds. The van der Waals surface area contributed by atoms with Gasteiger partial charge in [0.05, 0.1) is 0 Å². The number of benzene rings is 3. The predicted molar refractivity (Wildman–Crippen MR) is 86.3 cm³/mol. The van der Waals surface area contributed by atoms with E-state index in [2.05, 4.69) is 47.4 Å². The van der Waals surface area contributed by atoms with Gasteiger partial charge in [0, 0.05) is 32.4 Å². The standard InChI is InChI=1S/C18H12ClN/c19-15-9-3-1-6-12(15)13-8-5-11-17-18(13)14-7-2-4-10-16(14)20-17/h1-11,20H. The van der Waals surface area contributed by atoms with Gasteiger partial charge in [-0.3, -0.25) is 0 Å². The van der Waals surface area contributed by atoms with Gasteiger partial charge in [-0.15, -0.1) is 0 Å². The Morgan fingerprint density at radius 2 is 1.35 bits per heavy atom. The van der Waals surface area contributed by atoms with Gasteiger partial charge in [0.25, 0.3) is 0 Å². The zero-order valence-electron chi connectivity index (χ0n) is 10.7. The van der Waals surface area contributed by atoms with Crippen LogP contribution >= 0.6 is 11.6 Å². The molecule has 0 fully saturated rings. The van der Waals surface area contributed by atoms with Gasteiger partial charge in [-0.2, -0.15) is 0 Å². The Bertz CT molecular complexity index is 921. The molecule has 0 spiro atoms. The molecule has 0 unspecified atom stereocenters. The monoisotopic (exact) mass is 277 g/mol. The molecule has 0 aliphatic rings. The van der Waals surface area contributed by atoms with Crippen LogP contribution in [0.25, 0.3) is 32.9 Å². The Kier molecular flexibility index (Phi) is 2.54. The van der Waals surface area contributed by atoms with Crippen molar-refractivity contribution in [3.63, 3.8) is 0 Å². The van der Waals surface area contributed by atoms with Crippen LogP contribution in [0, 0.1) is 0 Å². The first-order valence-electron chi connectivity index (χ1n) is 6.59. The summed E-state index contributed by atoms with van der Waals surface area (Å²) in [6.45, 7) is 0. The summed E-state index contributed by atoms with van der Waals surface area (Å²) in [7, 11) is 0. The Morgan fingerprint density at radius 1 is 0.650 bits per heavy atom. The Hall–Kier alpha value is -2.25. The fourth-order valence-electron chi connectivity index (χ4n) is 2.81. The van der Waals surface area contributed by atoms with Crippen molar-refractivity contribution in [1.82, 2.24) is 4.98 Å². The summed E-state index contributed by atoms with van der Waals surface area (Å²) in [5, 5.41) is 3.25. The number of aromatic nitrogens is 1. The quantitative estimate of drug-likeness (QED) is 0.463. The minimum absolute atomic E-state index is 0.783. The molecule has 0 saturated heterocycles. The van der Waals surface area contributed by atoms with Crippen molar-refractivity contribution in [3.05, 3.63) is 71.8 Å². The molecule has 0 aliphatic carbocycles. The van der Waals surface area contributed by atoms with Gasteiger partial charge < -0.3 is 4.98 Å². The van der Waals surface area contributed by atoms with Gasteiger partial charge in [-0.05, 0) is 23.8 Å². The maximum Gasteiger partial charge on any atom is 0.0484 e. The highest BCUT2D eigenvalue weighted by Gasteiger charge is 2.11. The molecule has 1 nitrogen and oxygen atoms in total. The highest BCUT2D eigenvalue weighted by Crippen LogP contribution is 2.37. The summed E-state index contributed by atoms with van der Waals surface area (Å²) in [6.07, 6.45) is 0. The van der Waals surface area contributed by atoms with Crippen molar-refractivity contribution < 1.29 is 0 Å². The van der Waals surface area contributed by atoms with E-state index in [1.807, 2.05) is 24.3 Å². The number of fused-ring (bicyclic) bond motifs is 3. The van der Waals surface area contributed by atoms with Crippen LogP contribution in [-0.4, -0.2) is 4.98 Å². The van der Waals surface area contributed by atoms with Gasteiger partial charge in [0.15, 0.2) is 0 Å². The Labute approximate surface area is 121 Å². The van der Waals surface area contributed by atoms with Crippen molar-refractivity contribution >= 4 is 33.4 Å². The highest BCUT2D eigenvalue weighted by molar-refractivity contribution is 6.34. The largest absolute Gasteiger partial charge is 0.354 e. The average molecular weight is 278 g/mol. The lowest BCUT2D eigenvalue weighted by molar-refractivity contribution is 1.54. The van der Waals surface area contributed by atoms with E-state index in [1.54, 1.807) is 0 Å². The SMILES string of the molecule is Clc1ccccc1-c1cccc2[nH]c3ccccc3c12. The van der Waals surface area contributed by atoms with Crippen molar-refractivity contribution in [3.8, 4) is 11.1 Å². The fraction of sp³-hybridized carbons (Fsp3) is 0. The fourth-order valence-corrected chi connectivity index (χ4v) is 3.04. The molecule has 20 heavy (non-hydrogen) atoms. The van der Waals surface area contributed by atoms with E-state index in [9.17, 15) is 0 Å². The summed E-state index contributed by atoms with van der Waals surface area (Å²) < 4.78 is 0. The molecule has 1 heterocycles. The first-order chi connectivity index (χ1) is 9.84. The highest BCUT2D eigenvalue weighted by atomic mass is 35.5. The molecule has 1 aromatic heterocycles. The zero-order valence-corrected chi connectivity index (χ0v) is 11.5. The second-order valence-electron chi connectivity index (χ2n) is 4.88. The lowest BCUT2D eigenvalue weighted by Crippen LogP contribution is -1.80. The molecule has 4 aromatic rings. The van der Waals surface area contributed by atoms with Crippen molar-refractivity contribution in [2.45, 2.75) is 0 Å². The number of hydrogen-bond donors (Lipinski definition) is 1. The number of rotatable bonds is 1. The number of halogens is 1. The minimum Gasteiger partial charge on any atom is -0.354 e. The normalized spacial score (nSPS) is 11.2. The summed E-state index contributed by atoms with van der Waals surface area (Å²) in [6, 6.07) is 22.7. The Morgan fingerprint density at radius 3 is 2.25 bits per heavy atom. The molecule has 96 valence electrons. The number of para-hydroxylation sites is 1. The number of H-pyrrole nitrogens is 1. The van der Waals surface area contributed by atoms with Crippen LogP contribution in [-0.2, 0) is 0 Å². The number of nitrogens with one attached hydrogen (secondary N) is 1. The van der Waals surface area contributed by atoms with Crippen LogP contribution in [0.5, 0.6) is 0 Å². The second kappa shape index (κ2) is 4.39. The lowest BCUT2D eigenvalue weighted by atomic mass is 9.99. The molecular weight excluding hydrogens is 266 g/mol. The molecule has 0 bridgehead atoms. The van der Waals surface area contributed by atoms with Gasteiger partial charge in [0.1, 0.15) is 0 Å².